The fourth-order valence-corrected chi connectivity index (χ4v) is 4.18. The molecule has 0 radical (unpaired) electrons. The lowest BCUT2D eigenvalue weighted by Crippen LogP contribution is -2.56. The molecule has 1 N–H and O–H groups in total. The zero-order chi connectivity index (χ0) is 19.7. The minimum Gasteiger partial charge on any atom is -0.390 e. The van der Waals surface area contributed by atoms with Gasteiger partial charge in [0, 0.05) is 30.8 Å². The average molecular weight is 387 g/mol. The summed E-state index contributed by atoms with van der Waals surface area (Å²) in [5.41, 5.74) is 0.669. The van der Waals surface area contributed by atoms with Gasteiger partial charge in [-0.2, -0.15) is 0 Å². The largest absolute Gasteiger partial charge is 0.390 e. The first kappa shape index (κ1) is 19.0. The van der Waals surface area contributed by atoms with Crippen molar-refractivity contribution in [3.63, 3.8) is 0 Å². The van der Waals surface area contributed by atoms with E-state index in [0.717, 1.165) is 18.9 Å². The SMILES string of the molecule is O=C(c1ccc(-c2cccc(F)c2F)cc1)N1CCC2(CC1)OCCCC2O. The van der Waals surface area contributed by atoms with E-state index < -0.39 is 23.3 Å². The maximum absolute atomic E-state index is 14.0. The lowest BCUT2D eigenvalue weighted by molar-refractivity contribution is -0.174. The number of aliphatic hydroxyl groups is 1. The number of carbonyl (C=O) groups excluding carboxylic acids is 1. The molecule has 4 nitrogen and oxygen atoms in total. The van der Waals surface area contributed by atoms with Crippen molar-refractivity contribution in [3.8, 4) is 11.1 Å². The lowest BCUT2D eigenvalue weighted by atomic mass is 9.82. The number of benzene rings is 2. The number of hydrogen-bond acceptors (Lipinski definition) is 3. The van der Waals surface area contributed by atoms with Crippen LogP contribution in [-0.4, -0.2) is 47.3 Å². The van der Waals surface area contributed by atoms with Gasteiger partial charge in [-0.15, -0.1) is 0 Å². The summed E-state index contributed by atoms with van der Waals surface area (Å²) >= 11 is 0. The average Bonchev–Trinajstić information content (AvgIpc) is 2.73. The van der Waals surface area contributed by atoms with Crippen LogP contribution in [0.15, 0.2) is 42.5 Å². The van der Waals surface area contributed by atoms with Crippen LogP contribution in [0, 0.1) is 11.6 Å². The van der Waals surface area contributed by atoms with Crippen molar-refractivity contribution in [1.82, 2.24) is 4.90 Å². The highest BCUT2D eigenvalue weighted by Gasteiger charge is 2.44. The Bertz CT molecular complexity index is 861. The third-order valence-electron chi connectivity index (χ3n) is 5.91. The highest BCUT2D eigenvalue weighted by molar-refractivity contribution is 5.94. The van der Waals surface area contributed by atoms with Gasteiger partial charge in [0.05, 0.1) is 11.7 Å². The first-order valence-electron chi connectivity index (χ1n) is 9.66. The first-order valence-corrected chi connectivity index (χ1v) is 9.66. The van der Waals surface area contributed by atoms with E-state index in [1.807, 2.05) is 0 Å². The summed E-state index contributed by atoms with van der Waals surface area (Å²) in [5, 5.41) is 10.3. The van der Waals surface area contributed by atoms with Crippen molar-refractivity contribution in [2.45, 2.75) is 37.4 Å². The Morgan fingerprint density at radius 3 is 2.50 bits per heavy atom. The number of hydrogen-bond donors (Lipinski definition) is 1. The van der Waals surface area contributed by atoms with Gasteiger partial charge >= 0.3 is 0 Å². The van der Waals surface area contributed by atoms with Gasteiger partial charge in [-0.1, -0.05) is 24.3 Å². The van der Waals surface area contributed by atoms with E-state index >= 15 is 0 Å². The standard InChI is InChI=1S/C22H23F2NO3/c23-18-4-1-3-17(20(18)24)15-6-8-16(9-7-15)21(27)25-12-10-22(11-13-25)19(26)5-2-14-28-22/h1,3-4,6-9,19,26H,2,5,10-14H2. The van der Waals surface area contributed by atoms with Crippen molar-refractivity contribution in [3.05, 3.63) is 59.7 Å². The van der Waals surface area contributed by atoms with E-state index in [0.29, 0.717) is 43.7 Å². The van der Waals surface area contributed by atoms with Gasteiger partial charge in [0.15, 0.2) is 11.6 Å². The molecule has 4 rings (SSSR count). The number of aliphatic hydroxyl groups excluding tert-OH is 1. The zero-order valence-corrected chi connectivity index (χ0v) is 15.5. The van der Waals surface area contributed by atoms with Crippen LogP contribution >= 0.6 is 0 Å². The third-order valence-corrected chi connectivity index (χ3v) is 5.91. The molecule has 0 aromatic heterocycles. The molecule has 6 heteroatoms. The van der Waals surface area contributed by atoms with Crippen LogP contribution in [0.2, 0.25) is 0 Å². The van der Waals surface area contributed by atoms with Crippen LogP contribution in [0.25, 0.3) is 11.1 Å². The summed E-state index contributed by atoms with van der Waals surface area (Å²) in [7, 11) is 0. The molecule has 2 aromatic carbocycles. The van der Waals surface area contributed by atoms with E-state index in [2.05, 4.69) is 0 Å². The Kier molecular flexibility index (Phi) is 5.17. The molecule has 0 aliphatic carbocycles. The van der Waals surface area contributed by atoms with E-state index in [9.17, 15) is 18.7 Å². The monoisotopic (exact) mass is 387 g/mol. The molecule has 148 valence electrons. The molecule has 2 saturated heterocycles. The van der Waals surface area contributed by atoms with Crippen LogP contribution in [0.5, 0.6) is 0 Å². The number of carbonyl (C=O) groups is 1. The summed E-state index contributed by atoms with van der Waals surface area (Å²) in [6.45, 7) is 1.70. The number of rotatable bonds is 2. The van der Waals surface area contributed by atoms with Gasteiger partial charge in [0.2, 0.25) is 0 Å². The van der Waals surface area contributed by atoms with Crippen molar-refractivity contribution in [1.29, 1.82) is 0 Å². The van der Waals surface area contributed by atoms with Gasteiger partial charge in [-0.05, 0) is 49.4 Å². The molecule has 0 bridgehead atoms. The van der Waals surface area contributed by atoms with Crippen LogP contribution in [0.4, 0.5) is 8.78 Å². The fraction of sp³-hybridized carbons (Fsp3) is 0.409. The van der Waals surface area contributed by atoms with Crippen molar-refractivity contribution < 1.29 is 23.4 Å². The molecule has 1 atom stereocenters. The summed E-state index contributed by atoms with van der Waals surface area (Å²) in [6.07, 6.45) is 2.37. The topological polar surface area (TPSA) is 49.8 Å². The number of nitrogens with zero attached hydrogens (tertiary/aromatic N) is 1. The van der Waals surface area contributed by atoms with E-state index in [1.54, 1.807) is 29.2 Å². The second kappa shape index (κ2) is 7.60. The molecular formula is C22H23F2NO3. The van der Waals surface area contributed by atoms with Gasteiger partial charge < -0.3 is 14.7 Å². The van der Waals surface area contributed by atoms with Gasteiger partial charge in [0.1, 0.15) is 0 Å². The van der Waals surface area contributed by atoms with E-state index in [1.165, 1.54) is 12.1 Å². The number of likely N-dealkylation sites (tertiary alicyclic amines) is 1. The highest BCUT2D eigenvalue weighted by atomic mass is 19.2. The Hall–Kier alpha value is -2.31. The quantitative estimate of drug-likeness (QED) is 0.853. The van der Waals surface area contributed by atoms with Crippen LogP contribution < -0.4 is 0 Å². The smallest absolute Gasteiger partial charge is 0.253 e. The van der Waals surface area contributed by atoms with Crippen LogP contribution in [0.1, 0.15) is 36.0 Å². The third kappa shape index (κ3) is 3.42. The molecule has 2 aliphatic rings. The predicted octanol–water partition coefficient (Wildman–Crippen LogP) is 3.78. The molecule has 2 aliphatic heterocycles. The molecule has 2 fully saturated rings. The molecular weight excluding hydrogens is 364 g/mol. The normalized spacial score (nSPS) is 21.7. The molecule has 28 heavy (non-hydrogen) atoms. The second-order valence-electron chi connectivity index (χ2n) is 7.54. The molecule has 1 spiro atoms. The Balaban J connectivity index is 1.45. The predicted molar refractivity (Wildman–Crippen MR) is 101 cm³/mol. The second-order valence-corrected chi connectivity index (χ2v) is 7.54. The maximum Gasteiger partial charge on any atom is 0.253 e. The Morgan fingerprint density at radius 2 is 1.82 bits per heavy atom. The maximum atomic E-state index is 14.0. The molecule has 2 heterocycles. The molecule has 1 unspecified atom stereocenters. The van der Waals surface area contributed by atoms with Crippen LogP contribution in [-0.2, 0) is 4.74 Å². The van der Waals surface area contributed by atoms with Crippen molar-refractivity contribution in [2.24, 2.45) is 0 Å². The zero-order valence-electron chi connectivity index (χ0n) is 15.5. The first-order chi connectivity index (χ1) is 13.5. The highest BCUT2D eigenvalue weighted by Crippen LogP contribution is 2.35. The number of ether oxygens (including phenoxy) is 1. The van der Waals surface area contributed by atoms with Crippen molar-refractivity contribution in [2.75, 3.05) is 19.7 Å². The van der Waals surface area contributed by atoms with Gasteiger partial charge in [-0.3, -0.25) is 4.79 Å². The number of piperidine rings is 1. The lowest BCUT2D eigenvalue weighted by Gasteiger charge is -2.46. The molecule has 1 amide bonds. The van der Waals surface area contributed by atoms with Gasteiger partial charge in [0.25, 0.3) is 5.91 Å². The van der Waals surface area contributed by atoms with Crippen molar-refractivity contribution >= 4 is 5.91 Å². The fourth-order valence-electron chi connectivity index (χ4n) is 4.18. The summed E-state index contributed by atoms with van der Waals surface area (Å²) < 4.78 is 33.3. The molecule has 2 aromatic rings. The Labute approximate surface area is 162 Å². The van der Waals surface area contributed by atoms with E-state index in [-0.39, 0.29) is 11.5 Å². The summed E-state index contributed by atoms with van der Waals surface area (Å²) in [5.74, 6) is -1.90. The number of halogens is 2. The molecule has 0 saturated carbocycles. The van der Waals surface area contributed by atoms with Crippen LogP contribution in [0.3, 0.4) is 0 Å². The number of amides is 1. The minimum absolute atomic E-state index is 0.105. The Morgan fingerprint density at radius 1 is 1.11 bits per heavy atom. The summed E-state index contributed by atoms with van der Waals surface area (Å²) in [6, 6.07) is 10.6. The van der Waals surface area contributed by atoms with Gasteiger partial charge in [-0.25, -0.2) is 8.78 Å². The summed E-state index contributed by atoms with van der Waals surface area (Å²) in [4.78, 5) is 14.6. The van der Waals surface area contributed by atoms with E-state index in [4.69, 9.17) is 4.74 Å². The minimum atomic E-state index is -0.896.